The first-order valence-corrected chi connectivity index (χ1v) is 9.26. The number of anilines is 1. The minimum Gasteiger partial charge on any atom is -0.350 e. The maximum absolute atomic E-state index is 13.3. The minimum atomic E-state index is -1.60. The zero-order chi connectivity index (χ0) is 21.3. The number of carbonyl (C=O) groups excluding carboxylic acids is 2. The van der Waals surface area contributed by atoms with Crippen LogP contribution in [-0.2, 0) is 4.79 Å². The largest absolute Gasteiger partial charge is 0.350 e. The van der Waals surface area contributed by atoms with Gasteiger partial charge in [-0.05, 0) is 30.7 Å². The Morgan fingerprint density at radius 3 is 2.60 bits per heavy atom. The molecule has 0 bridgehead atoms. The molecule has 2 N–H and O–H groups in total. The average molecular weight is 414 g/mol. The van der Waals surface area contributed by atoms with E-state index in [-0.39, 0.29) is 18.1 Å². The molecule has 30 heavy (non-hydrogen) atoms. The molecule has 1 atom stereocenters. The normalized spacial score (nSPS) is 16.0. The minimum absolute atomic E-state index is 0.165. The molecule has 0 saturated carbocycles. The van der Waals surface area contributed by atoms with Crippen LogP contribution in [0.3, 0.4) is 0 Å². The molecule has 154 valence electrons. The number of amides is 2. The van der Waals surface area contributed by atoms with Gasteiger partial charge in [-0.2, -0.15) is 0 Å². The number of nitrogens with zero attached hydrogens (tertiary/aromatic N) is 2. The number of halogens is 3. The van der Waals surface area contributed by atoms with Gasteiger partial charge in [-0.15, -0.1) is 0 Å². The zero-order valence-electron chi connectivity index (χ0n) is 15.7. The number of H-pyrrole nitrogens is 1. The quantitative estimate of drug-likeness (QED) is 0.641. The number of likely N-dealkylation sites (tertiary alicyclic amines) is 1. The molecule has 9 heteroatoms. The van der Waals surface area contributed by atoms with Crippen LogP contribution in [0.2, 0.25) is 0 Å². The highest BCUT2D eigenvalue weighted by atomic mass is 19.2. The van der Waals surface area contributed by atoms with Crippen molar-refractivity contribution in [2.24, 2.45) is 5.92 Å². The van der Waals surface area contributed by atoms with Crippen molar-refractivity contribution in [3.05, 3.63) is 71.9 Å². The van der Waals surface area contributed by atoms with E-state index in [9.17, 15) is 22.8 Å². The van der Waals surface area contributed by atoms with Crippen molar-refractivity contribution in [1.82, 2.24) is 14.9 Å². The van der Waals surface area contributed by atoms with Gasteiger partial charge >= 0.3 is 0 Å². The Balaban J connectivity index is 1.40. The fraction of sp³-hybridized carbons (Fsp3) is 0.190. The summed E-state index contributed by atoms with van der Waals surface area (Å²) in [7, 11) is 0. The standard InChI is InChI=1S/C21H17F3N4O2/c22-15-8-14(9-16(23)19(15)24)26-20(29)13-5-7-28(11-13)21(30)18-4-3-17(27-18)12-2-1-6-25-10-12/h1-4,6,8-10,13,27H,5,7,11H2,(H,26,29). The van der Waals surface area contributed by atoms with Crippen molar-refractivity contribution in [2.75, 3.05) is 18.4 Å². The van der Waals surface area contributed by atoms with Gasteiger partial charge < -0.3 is 15.2 Å². The van der Waals surface area contributed by atoms with E-state index in [0.29, 0.717) is 30.8 Å². The Bertz CT molecular complexity index is 1080. The van der Waals surface area contributed by atoms with Crippen LogP contribution < -0.4 is 5.32 Å². The average Bonchev–Trinajstić information content (AvgIpc) is 3.42. The molecule has 2 amide bonds. The van der Waals surface area contributed by atoms with E-state index in [1.165, 1.54) is 4.90 Å². The van der Waals surface area contributed by atoms with Gasteiger partial charge in [0.15, 0.2) is 17.5 Å². The van der Waals surface area contributed by atoms with E-state index in [1.54, 1.807) is 30.6 Å². The molecule has 1 unspecified atom stereocenters. The van der Waals surface area contributed by atoms with Gasteiger partial charge in [0.05, 0.1) is 5.92 Å². The lowest BCUT2D eigenvalue weighted by Gasteiger charge is -2.16. The second-order valence-corrected chi connectivity index (χ2v) is 7.01. The third kappa shape index (κ3) is 3.91. The third-order valence-corrected chi connectivity index (χ3v) is 4.99. The molecule has 6 nitrogen and oxygen atoms in total. The molecule has 4 rings (SSSR count). The molecule has 1 saturated heterocycles. The van der Waals surface area contributed by atoms with Crippen LogP contribution in [0.5, 0.6) is 0 Å². The Morgan fingerprint density at radius 1 is 1.13 bits per heavy atom. The number of nitrogens with one attached hydrogen (secondary N) is 2. The topological polar surface area (TPSA) is 78.1 Å². The Kier molecular flexibility index (Phi) is 5.26. The van der Waals surface area contributed by atoms with E-state index in [0.717, 1.165) is 11.3 Å². The molecule has 3 heterocycles. The van der Waals surface area contributed by atoms with Crippen LogP contribution >= 0.6 is 0 Å². The highest BCUT2D eigenvalue weighted by molar-refractivity contribution is 5.96. The van der Waals surface area contributed by atoms with Crippen molar-refractivity contribution >= 4 is 17.5 Å². The summed E-state index contributed by atoms with van der Waals surface area (Å²) >= 11 is 0. The summed E-state index contributed by atoms with van der Waals surface area (Å²) in [6.07, 6.45) is 3.74. The van der Waals surface area contributed by atoms with Gasteiger partial charge in [-0.3, -0.25) is 14.6 Å². The number of hydrogen-bond donors (Lipinski definition) is 2. The molecular weight excluding hydrogens is 397 g/mol. The molecule has 0 radical (unpaired) electrons. The first-order valence-electron chi connectivity index (χ1n) is 9.26. The number of benzene rings is 1. The maximum Gasteiger partial charge on any atom is 0.270 e. The molecule has 1 aliphatic heterocycles. The van der Waals surface area contributed by atoms with Crippen LogP contribution in [-0.4, -0.2) is 39.8 Å². The van der Waals surface area contributed by atoms with Gasteiger partial charge in [0.25, 0.3) is 5.91 Å². The van der Waals surface area contributed by atoms with Gasteiger partial charge in [-0.1, -0.05) is 0 Å². The summed E-state index contributed by atoms with van der Waals surface area (Å²) in [5.74, 6) is -5.65. The van der Waals surface area contributed by atoms with Crippen LogP contribution in [0.15, 0.2) is 48.8 Å². The fourth-order valence-electron chi connectivity index (χ4n) is 3.41. The van der Waals surface area contributed by atoms with Crippen molar-refractivity contribution in [3.8, 4) is 11.3 Å². The molecule has 1 aromatic carbocycles. The van der Waals surface area contributed by atoms with E-state index in [4.69, 9.17) is 0 Å². The van der Waals surface area contributed by atoms with Gasteiger partial charge in [0.2, 0.25) is 5.91 Å². The summed E-state index contributed by atoms with van der Waals surface area (Å²) in [5, 5.41) is 2.38. The predicted molar refractivity (Wildman–Crippen MR) is 103 cm³/mol. The summed E-state index contributed by atoms with van der Waals surface area (Å²) < 4.78 is 39.7. The second kappa shape index (κ2) is 8.02. The van der Waals surface area contributed by atoms with Crippen LogP contribution in [0.1, 0.15) is 16.9 Å². The molecule has 3 aromatic rings. The van der Waals surface area contributed by atoms with E-state index in [1.807, 2.05) is 6.07 Å². The molecule has 1 aliphatic rings. The zero-order valence-corrected chi connectivity index (χ0v) is 15.7. The SMILES string of the molecule is O=C(Nc1cc(F)c(F)c(F)c1)C1CCN(C(=O)c2ccc(-c3cccnc3)[nH]2)C1. The summed E-state index contributed by atoms with van der Waals surface area (Å²) in [6.45, 7) is 0.530. The van der Waals surface area contributed by atoms with Crippen molar-refractivity contribution in [1.29, 1.82) is 0 Å². The molecular formula is C21H17F3N4O2. The number of aromatic amines is 1. The van der Waals surface area contributed by atoms with Crippen LogP contribution in [0, 0.1) is 23.4 Å². The van der Waals surface area contributed by atoms with E-state index >= 15 is 0 Å². The summed E-state index contributed by atoms with van der Waals surface area (Å²) in [6, 6.07) is 8.54. The lowest BCUT2D eigenvalue weighted by atomic mass is 10.1. The highest BCUT2D eigenvalue weighted by Gasteiger charge is 2.32. The van der Waals surface area contributed by atoms with Gasteiger partial charge in [0, 0.05) is 54.6 Å². The maximum atomic E-state index is 13.3. The molecule has 0 aliphatic carbocycles. The predicted octanol–water partition coefficient (Wildman–Crippen LogP) is 3.59. The monoisotopic (exact) mass is 414 g/mol. The van der Waals surface area contributed by atoms with E-state index < -0.39 is 29.3 Å². The Hall–Kier alpha value is -3.62. The molecule has 0 spiro atoms. The Labute approximate surface area is 169 Å². The van der Waals surface area contributed by atoms with Crippen LogP contribution in [0.4, 0.5) is 18.9 Å². The van der Waals surface area contributed by atoms with Crippen LogP contribution in [0.25, 0.3) is 11.3 Å². The lowest BCUT2D eigenvalue weighted by Crippen LogP contribution is -2.31. The number of pyridine rings is 1. The van der Waals surface area contributed by atoms with Gasteiger partial charge in [0.1, 0.15) is 5.69 Å². The van der Waals surface area contributed by atoms with Crippen molar-refractivity contribution < 1.29 is 22.8 Å². The number of carbonyl (C=O) groups is 2. The fourth-order valence-corrected chi connectivity index (χ4v) is 3.41. The third-order valence-electron chi connectivity index (χ3n) is 4.99. The Morgan fingerprint density at radius 2 is 1.90 bits per heavy atom. The first kappa shape index (κ1) is 19.7. The highest BCUT2D eigenvalue weighted by Crippen LogP contribution is 2.24. The lowest BCUT2D eigenvalue weighted by molar-refractivity contribution is -0.119. The van der Waals surface area contributed by atoms with Gasteiger partial charge in [-0.25, -0.2) is 13.2 Å². The number of rotatable bonds is 4. The smallest absolute Gasteiger partial charge is 0.270 e. The first-order chi connectivity index (χ1) is 14.4. The van der Waals surface area contributed by atoms with Crippen molar-refractivity contribution in [2.45, 2.75) is 6.42 Å². The summed E-state index contributed by atoms with van der Waals surface area (Å²) in [5.41, 5.74) is 1.80. The van der Waals surface area contributed by atoms with E-state index in [2.05, 4.69) is 15.3 Å². The number of aromatic nitrogens is 2. The van der Waals surface area contributed by atoms with Crippen molar-refractivity contribution in [3.63, 3.8) is 0 Å². The molecule has 2 aromatic heterocycles. The second-order valence-electron chi connectivity index (χ2n) is 7.01. The number of hydrogen-bond acceptors (Lipinski definition) is 3. The molecule has 1 fully saturated rings. The summed E-state index contributed by atoms with van der Waals surface area (Å²) in [4.78, 5) is 33.8.